The Kier molecular flexibility index (Phi) is 37.5. The third-order valence-corrected chi connectivity index (χ3v) is 2.22. The summed E-state index contributed by atoms with van der Waals surface area (Å²) < 4.78 is 19.7. The van der Waals surface area contributed by atoms with Crippen LogP contribution in [0.3, 0.4) is 0 Å². The zero-order valence-electron chi connectivity index (χ0n) is 11.8. The summed E-state index contributed by atoms with van der Waals surface area (Å²) >= 11 is 0. The number of unbranched alkanes of at least 4 members (excludes halogenated alkanes) is 1. The Bertz CT molecular complexity index is 243. The van der Waals surface area contributed by atoms with E-state index in [4.69, 9.17) is 18.9 Å². The Labute approximate surface area is 143 Å². The lowest BCUT2D eigenvalue weighted by Crippen LogP contribution is -2.14. The van der Waals surface area contributed by atoms with Crippen LogP contribution in [0.2, 0.25) is 0 Å². The first kappa shape index (κ1) is 33.5. The molecule has 0 atom stereocenters. The van der Waals surface area contributed by atoms with Crippen LogP contribution < -0.4 is 0 Å². The third-order valence-electron chi connectivity index (χ3n) is 2.22. The Hall–Kier alpha value is -1.14. The highest BCUT2D eigenvalue weighted by Crippen LogP contribution is 1.96. The van der Waals surface area contributed by atoms with E-state index in [9.17, 15) is 9.59 Å². The maximum Gasteiger partial charge on any atom is 0.306 e. The maximum absolute atomic E-state index is 11.3. The summed E-state index contributed by atoms with van der Waals surface area (Å²) in [4.78, 5) is 22.4. The number of hydrogen-bond acceptors (Lipinski definition) is 6. The first-order valence-corrected chi connectivity index (χ1v) is 6.58. The van der Waals surface area contributed by atoms with E-state index in [0.717, 1.165) is 12.8 Å². The van der Waals surface area contributed by atoms with Gasteiger partial charge in [0.1, 0.15) is 13.2 Å². The quantitative estimate of drug-likeness (QED) is 0.397. The van der Waals surface area contributed by atoms with Crippen molar-refractivity contribution in [2.45, 2.75) is 62.3 Å². The summed E-state index contributed by atoms with van der Waals surface area (Å²) in [5.74, 6) is -0.837. The molecule has 0 N–H and O–H groups in total. The van der Waals surface area contributed by atoms with E-state index in [1.807, 2.05) is 0 Å². The lowest BCUT2D eigenvalue weighted by atomic mass is 10.3. The highest BCUT2D eigenvalue weighted by Gasteiger charge is 2.08. The van der Waals surface area contributed by atoms with E-state index in [0.29, 0.717) is 19.8 Å². The van der Waals surface area contributed by atoms with Crippen molar-refractivity contribution in [3.63, 3.8) is 0 Å². The molecule has 0 aliphatic rings. The van der Waals surface area contributed by atoms with Gasteiger partial charge in [-0.05, 0) is 6.42 Å². The van der Waals surface area contributed by atoms with Gasteiger partial charge in [-0.25, -0.2) is 0 Å². The van der Waals surface area contributed by atoms with Gasteiger partial charge in [0.2, 0.25) is 0 Å². The Morgan fingerprint density at radius 3 is 1.65 bits per heavy atom. The molecule has 0 bridgehead atoms. The van der Waals surface area contributed by atoms with Gasteiger partial charge < -0.3 is 18.9 Å². The number of carbonyl (C=O) groups is 2. The standard InChI is InChI=1S/C13H24O6.4CH4/c1-3-4-7-17-9-11-19-13(15)6-5-12(14)18-10-8-16-2;;;;/h3-11H2,1-2H3;4*1H4. The fourth-order valence-electron chi connectivity index (χ4n) is 1.15. The van der Waals surface area contributed by atoms with E-state index in [-0.39, 0.29) is 55.8 Å². The fourth-order valence-corrected chi connectivity index (χ4v) is 1.15. The largest absolute Gasteiger partial charge is 0.463 e. The molecule has 0 radical (unpaired) electrons. The second-order valence-corrected chi connectivity index (χ2v) is 3.90. The summed E-state index contributed by atoms with van der Waals surface area (Å²) in [5.41, 5.74) is 0. The normalized spacial score (nSPS) is 8.43. The minimum atomic E-state index is -0.423. The summed E-state index contributed by atoms with van der Waals surface area (Å²) in [5, 5.41) is 0. The van der Waals surface area contributed by atoms with Crippen LogP contribution in [0.4, 0.5) is 0 Å². The topological polar surface area (TPSA) is 71.1 Å². The van der Waals surface area contributed by atoms with Crippen molar-refractivity contribution in [1.82, 2.24) is 0 Å². The number of ether oxygens (including phenoxy) is 4. The van der Waals surface area contributed by atoms with Crippen LogP contribution >= 0.6 is 0 Å². The maximum atomic E-state index is 11.3. The summed E-state index contributed by atoms with van der Waals surface area (Å²) in [7, 11) is 1.52. The van der Waals surface area contributed by atoms with Gasteiger partial charge in [-0.15, -0.1) is 0 Å². The molecule has 0 heterocycles. The molecule has 0 aromatic rings. The van der Waals surface area contributed by atoms with Gasteiger partial charge in [-0.3, -0.25) is 9.59 Å². The highest BCUT2D eigenvalue weighted by atomic mass is 16.6. The van der Waals surface area contributed by atoms with Crippen LogP contribution in [0.1, 0.15) is 62.3 Å². The van der Waals surface area contributed by atoms with Gasteiger partial charge >= 0.3 is 11.9 Å². The number of methoxy groups -OCH3 is 1. The minimum absolute atomic E-state index is 0. The lowest BCUT2D eigenvalue weighted by Gasteiger charge is -2.06. The second kappa shape index (κ2) is 25.8. The molecular weight excluding hydrogens is 300 g/mol. The second-order valence-electron chi connectivity index (χ2n) is 3.90. The van der Waals surface area contributed by atoms with Crippen LogP contribution in [0, 0.1) is 0 Å². The third kappa shape index (κ3) is 26.1. The SMILES string of the molecule is C.C.C.C.CCCCOCCOC(=O)CCC(=O)OCCOC. The molecule has 144 valence electrons. The van der Waals surface area contributed by atoms with Crippen molar-refractivity contribution in [3.8, 4) is 0 Å². The first-order chi connectivity index (χ1) is 9.20. The van der Waals surface area contributed by atoms with Crippen molar-refractivity contribution in [2.24, 2.45) is 0 Å². The smallest absolute Gasteiger partial charge is 0.306 e. The van der Waals surface area contributed by atoms with Gasteiger partial charge in [-0.1, -0.05) is 43.1 Å². The number of hydrogen-bond donors (Lipinski definition) is 0. The monoisotopic (exact) mass is 340 g/mol. The molecule has 6 nitrogen and oxygen atoms in total. The summed E-state index contributed by atoms with van der Waals surface area (Å²) in [6.45, 7) is 3.93. The molecule has 23 heavy (non-hydrogen) atoms. The van der Waals surface area contributed by atoms with Crippen LogP contribution in [-0.4, -0.2) is 52.1 Å². The predicted molar refractivity (Wildman–Crippen MR) is 95.7 cm³/mol. The molecule has 0 aromatic heterocycles. The molecule has 0 unspecified atom stereocenters. The van der Waals surface area contributed by atoms with Crippen LogP contribution in [-0.2, 0) is 28.5 Å². The zero-order chi connectivity index (χ0) is 14.3. The average molecular weight is 341 g/mol. The molecule has 0 saturated heterocycles. The summed E-state index contributed by atoms with van der Waals surface area (Å²) in [6.07, 6.45) is 2.13. The first-order valence-electron chi connectivity index (χ1n) is 6.58. The molecule has 0 aliphatic heterocycles. The Balaban J connectivity index is -0.000000270. The van der Waals surface area contributed by atoms with Gasteiger partial charge in [0, 0.05) is 13.7 Å². The van der Waals surface area contributed by atoms with Gasteiger partial charge in [-0.2, -0.15) is 0 Å². The number of carbonyl (C=O) groups excluding carboxylic acids is 2. The van der Waals surface area contributed by atoms with Crippen molar-refractivity contribution in [2.75, 3.05) is 40.1 Å². The van der Waals surface area contributed by atoms with Gasteiger partial charge in [0.25, 0.3) is 0 Å². The van der Waals surface area contributed by atoms with E-state index < -0.39 is 11.9 Å². The Morgan fingerprint density at radius 1 is 0.739 bits per heavy atom. The molecule has 0 amide bonds. The number of esters is 2. The summed E-state index contributed by atoms with van der Waals surface area (Å²) in [6, 6.07) is 0. The molecular formula is C17H40O6. The minimum Gasteiger partial charge on any atom is -0.463 e. The lowest BCUT2D eigenvalue weighted by molar-refractivity contribution is -0.151. The molecule has 6 heteroatoms. The molecule has 0 aliphatic carbocycles. The predicted octanol–water partition coefficient (Wildman–Crippen LogP) is 3.86. The van der Waals surface area contributed by atoms with Crippen LogP contribution in [0.25, 0.3) is 0 Å². The molecule has 0 rings (SSSR count). The van der Waals surface area contributed by atoms with E-state index in [1.165, 1.54) is 7.11 Å². The van der Waals surface area contributed by atoms with Crippen molar-refractivity contribution < 1.29 is 28.5 Å². The zero-order valence-corrected chi connectivity index (χ0v) is 11.8. The molecule has 0 spiro atoms. The molecule has 0 saturated carbocycles. The number of rotatable bonds is 12. The fraction of sp³-hybridized carbons (Fsp3) is 0.882. The highest BCUT2D eigenvalue weighted by molar-refractivity contribution is 5.77. The van der Waals surface area contributed by atoms with Crippen molar-refractivity contribution >= 4 is 11.9 Å². The molecule has 0 fully saturated rings. The van der Waals surface area contributed by atoms with Crippen molar-refractivity contribution in [3.05, 3.63) is 0 Å². The van der Waals surface area contributed by atoms with Crippen LogP contribution in [0.15, 0.2) is 0 Å². The van der Waals surface area contributed by atoms with Crippen LogP contribution in [0.5, 0.6) is 0 Å². The van der Waals surface area contributed by atoms with Gasteiger partial charge in [0.15, 0.2) is 0 Å². The Morgan fingerprint density at radius 2 is 1.22 bits per heavy atom. The van der Waals surface area contributed by atoms with E-state index in [1.54, 1.807) is 0 Å². The average Bonchev–Trinajstić information content (AvgIpc) is 2.40. The van der Waals surface area contributed by atoms with E-state index >= 15 is 0 Å². The molecule has 0 aromatic carbocycles. The van der Waals surface area contributed by atoms with E-state index in [2.05, 4.69) is 6.92 Å². The van der Waals surface area contributed by atoms with Crippen molar-refractivity contribution in [1.29, 1.82) is 0 Å². The van der Waals surface area contributed by atoms with Gasteiger partial charge in [0.05, 0.1) is 26.1 Å².